The summed E-state index contributed by atoms with van der Waals surface area (Å²) >= 11 is 0. The third kappa shape index (κ3) is 14.0. The molecule has 3 rings (SSSR count). The second-order valence-corrected chi connectivity index (χ2v) is 8.69. The molecule has 2 atom stereocenters. The molecule has 6 N–H and O–H groups in total. The van der Waals surface area contributed by atoms with Crippen LogP contribution in [0.2, 0.25) is 0 Å². The zero-order valence-electron chi connectivity index (χ0n) is 22.1. The van der Waals surface area contributed by atoms with Crippen molar-refractivity contribution >= 4 is 43.6 Å². The fraction of sp³-hybridized carbons (Fsp3) is 0.560. The Morgan fingerprint density at radius 2 is 1.70 bits per heavy atom. The van der Waals surface area contributed by atoms with Crippen molar-refractivity contribution in [2.75, 3.05) is 44.8 Å². The minimum Gasteiger partial charge on any atom is -0.506 e. The number of anilines is 1. The highest BCUT2D eigenvalue weighted by molar-refractivity contribution is 6.08. The summed E-state index contributed by atoms with van der Waals surface area (Å²) in [5.41, 5.74) is 1.04. The number of phenolic OH excluding ortho intramolecular Hbond substituents is 1. The largest absolute Gasteiger partial charge is 0.506 e. The highest BCUT2D eigenvalue weighted by Crippen LogP contribution is 2.24. The number of likely N-dealkylation sites (tertiary alicyclic amines) is 1. The SMILES string of the molecule is O=CO.O[C@@H]1COC[C@H](O)C1.[B]Cc1ccc(O)c(NC(=O)CCNC(=O)CCOCCN2C(=O)CCC2=O)c1. The molecule has 0 aliphatic carbocycles. The molecule has 0 aromatic heterocycles. The minimum absolute atomic E-state index is 0.0398. The molecular formula is C25H36BN3O11. The average molecular weight is 565 g/mol. The van der Waals surface area contributed by atoms with E-state index in [2.05, 4.69) is 10.6 Å². The van der Waals surface area contributed by atoms with Crippen LogP contribution in [0.5, 0.6) is 5.75 Å². The number of ether oxygens (including phenoxy) is 2. The maximum absolute atomic E-state index is 11.9. The van der Waals surface area contributed by atoms with Crippen molar-refractivity contribution in [1.29, 1.82) is 0 Å². The van der Waals surface area contributed by atoms with E-state index < -0.39 is 12.2 Å². The number of benzene rings is 1. The van der Waals surface area contributed by atoms with Crippen molar-refractivity contribution < 1.29 is 53.9 Å². The molecule has 2 heterocycles. The summed E-state index contributed by atoms with van der Waals surface area (Å²) < 4.78 is 10.1. The molecule has 2 radical (unpaired) electrons. The monoisotopic (exact) mass is 565 g/mol. The van der Waals surface area contributed by atoms with Crippen LogP contribution in [0.3, 0.4) is 0 Å². The fourth-order valence-electron chi connectivity index (χ4n) is 3.51. The summed E-state index contributed by atoms with van der Waals surface area (Å²) in [5, 5.41) is 39.4. The smallest absolute Gasteiger partial charge is 0.290 e. The van der Waals surface area contributed by atoms with Crippen LogP contribution in [0, 0.1) is 0 Å². The van der Waals surface area contributed by atoms with Crippen LogP contribution in [0.1, 0.15) is 37.7 Å². The Bertz CT molecular complexity index is 955. The number of carbonyl (C=O) groups is 5. The lowest BCUT2D eigenvalue weighted by molar-refractivity contribution is -0.139. The summed E-state index contributed by atoms with van der Waals surface area (Å²) in [4.78, 5) is 56.1. The molecule has 0 unspecified atom stereocenters. The lowest BCUT2D eigenvalue weighted by atomic mass is 9.96. The van der Waals surface area contributed by atoms with E-state index in [1.165, 1.54) is 11.0 Å². The van der Waals surface area contributed by atoms with Crippen molar-refractivity contribution in [3.8, 4) is 5.75 Å². The zero-order valence-corrected chi connectivity index (χ0v) is 22.1. The third-order valence-electron chi connectivity index (χ3n) is 5.50. The van der Waals surface area contributed by atoms with Gasteiger partial charge in [0.1, 0.15) is 5.75 Å². The molecule has 2 fully saturated rings. The highest BCUT2D eigenvalue weighted by Gasteiger charge is 2.28. The third-order valence-corrected chi connectivity index (χ3v) is 5.50. The zero-order chi connectivity index (χ0) is 29.9. The van der Waals surface area contributed by atoms with E-state index in [9.17, 15) is 24.3 Å². The first-order chi connectivity index (χ1) is 19.1. The molecule has 15 heteroatoms. The van der Waals surface area contributed by atoms with Gasteiger partial charge in [-0.25, -0.2) is 0 Å². The number of aliphatic hydroxyl groups is 2. The van der Waals surface area contributed by atoms with Gasteiger partial charge in [-0.2, -0.15) is 0 Å². The summed E-state index contributed by atoms with van der Waals surface area (Å²) in [6, 6.07) is 4.70. The molecule has 0 bridgehead atoms. The van der Waals surface area contributed by atoms with Crippen LogP contribution >= 0.6 is 0 Å². The summed E-state index contributed by atoms with van der Waals surface area (Å²) in [6.45, 7) is 1.15. The Morgan fingerprint density at radius 1 is 1.07 bits per heavy atom. The number of aromatic hydroxyl groups is 1. The molecule has 2 saturated heterocycles. The van der Waals surface area contributed by atoms with Crippen LogP contribution in [-0.2, 0) is 39.8 Å². The predicted molar refractivity (Wildman–Crippen MR) is 141 cm³/mol. The standard InChI is InChI=1S/C19H24BN3O6.C5H10O3.CH2O2/c20-12-13-1-2-15(24)14(11-13)22-17(26)5-7-21-16(25)6-9-29-10-8-23-18(27)3-4-19(23)28;6-4-1-5(7)3-8-2-4;2-1-3/h1-2,11,24H,3-10,12H2,(H,21,25)(H,22,26);4-7H,1-3H2;1H,(H,2,3)/t;4-,5+;. The molecule has 220 valence electrons. The second kappa shape index (κ2) is 19.5. The molecule has 1 aromatic rings. The number of phenols is 1. The molecule has 0 saturated carbocycles. The van der Waals surface area contributed by atoms with E-state index >= 15 is 0 Å². The minimum atomic E-state index is -0.459. The van der Waals surface area contributed by atoms with Gasteiger partial charge in [0, 0.05) is 38.6 Å². The lowest BCUT2D eigenvalue weighted by Crippen LogP contribution is -2.33. The van der Waals surface area contributed by atoms with Crippen molar-refractivity contribution in [1.82, 2.24) is 10.2 Å². The van der Waals surface area contributed by atoms with Gasteiger partial charge in [0.15, 0.2) is 0 Å². The number of aliphatic hydroxyl groups excluding tert-OH is 2. The molecule has 2 aliphatic rings. The van der Waals surface area contributed by atoms with Gasteiger partial charge in [-0.15, -0.1) is 0 Å². The van der Waals surface area contributed by atoms with Gasteiger partial charge in [-0.05, 0) is 12.1 Å². The Kier molecular flexibility index (Phi) is 16.8. The average Bonchev–Trinajstić information content (AvgIpc) is 3.22. The Hall–Kier alpha value is -3.53. The molecule has 0 spiro atoms. The van der Waals surface area contributed by atoms with Gasteiger partial charge in [-0.3, -0.25) is 28.9 Å². The maximum atomic E-state index is 11.9. The normalized spacial score (nSPS) is 18.1. The quantitative estimate of drug-likeness (QED) is 0.0623. The van der Waals surface area contributed by atoms with E-state index in [1.807, 2.05) is 0 Å². The summed E-state index contributed by atoms with van der Waals surface area (Å²) in [7, 11) is 5.53. The van der Waals surface area contributed by atoms with Crippen LogP contribution < -0.4 is 10.6 Å². The first kappa shape index (κ1) is 34.5. The maximum Gasteiger partial charge on any atom is 0.290 e. The van der Waals surface area contributed by atoms with Crippen molar-refractivity contribution in [3.63, 3.8) is 0 Å². The number of nitrogens with one attached hydrogen (secondary N) is 2. The van der Waals surface area contributed by atoms with Gasteiger partial charge in [0.05, 0.1) is 58.7 Å². The topological polar surface area (TPSA) is 212 Å². The van der Waals surface area contributed by atoms with Crippen LogP contribution in [0.25, 0.3) is 0 Å². The van der Waals surface area contributed by atoms with Crippen molar-refractivity contribution in [2.24, 2.45) is 0 Å². The first-order valence-electron chi connectivity index (χ1n) is 12.6. The van der Waals surface area contributed by atoms with E-state index in [-0.39, 0.29) is 99.8 Å². The number of imide groups is 1. The Balaban J connectivity index is 0.000000606. The lowest BCUT2D eigenvalue weighted by Gasteiger charge is -2.21. The second-order valence-electron chi connectivity index (χ2n) is 8.69. The number of nitrogens with zero attached hydrogens (tertiary/aromatic N) is 1. The summed E-state index contributed by atoms with van der Waals surface area (Å²) in [5.74, 6) is -1.09. The van der Waals surface area contributed by atoms with E-state index in [0.29, 0.717) is 19.6 Å². The van der Waals surface area contributed by atoms with Gasteiger partial charge < -0.3 is 40.5 Å². The number of rotatable bonds is 11. The molecule has 4 amide bonds. The fourth-order valence-corrected chi connectivity index (χ4v) is 3.51. The number of hydrogen-bond acceptors (Lipinski definition) is 10. The Labute approximate surface area is 233 Å². The molecule has 2 aliphatic heterocycles. The molecule has 14 nitrogen and oxygen atoms in total. The van der Waals surface area contributed by atoms with Gasteiger partial charge in [-0.1, -0.05) is 17.9 Å². The van der Waals surface area contributed by atoms with Crippen molar-refractivity contribution in [3.05, 3.63) is 23.8 Å². The highest BCUT2D eigenvalue weighted by atomic mass is 16.5. The van der Waals surface area contributed by atoms with Crippen LogP contribution in [-0.4, -0.2) is 115 Å². The molecule has 40 heavy (non-hydrogen) atoms. The summed E-state index contributed by atoms with van der Waals surface area (Å²) in [6.07, 6.45) is 0.449. The van der Waals surface area contributed by atoms with E-state index in [0.717, 1.165) is 5.56 Å². The first-order valence-corrected chi connectivity index (χ1v) is 12.6. The number of carbonyl (C=O) groups excluding carboxylic acids is 4. The van der Waals surface area contributed by atoms with Gasteiger partial charge in [0.25, 0.3) is 6.47 Å². The predicted octanol–water partition coefficient (Wildman–Crippen LogP) is -1.11. The number of amides is 4. The van der Waals surface area contributed by atoms with Gasteiger partial charge in [0.2, 0.25) is 23.6 Å². The number of carboxylic acid groups (broad SMARTS) is 1. The van der Waals surface area contributed by atoms with Crippen molar-refractivity contribution in [2.45, 2.75) is 50.6 Å². The van der Waals surface area contributed by atoms with Crippen LogP contribution in [0.4, 0.5) is 5.69 Å². The van der Waals surface area contributed by atoms with E-state index in [1.54, 1.807) is 12.1 Å². The number of hydrogen-bond donors (Lipinski definition) is 6. The molecular weight excluding hydrogens is 529 g/mol. The molecule has 1 aromatic carbocycles. The van der Waals surface area contributed by atoms with Crippen LogP contribution in [0.15, 0.2) is 18.2 Å². The van der Waals surface area contributed by atoms with E-state index in [4.69, 9.17) is 37.4 Å². The Morgan fingerprint density at radius 3 is 2.25 bits per heavy atom. The van der Waals surface area contributed by atoms with Gasteiger partial charge >= 0.3 is 0 Å².